The molecule has 3 rings (SSSR count). The molecular weight excluding hydrogens is 289 g/mol. The van der Waals surface area contributed by atoms with Crippen molar-refractivity contribution in [2.75, 3.05) is 20.6 Å². The molecule has 1 aromatic heterocycles. The smallest absolute Gasteiger partial charge is 0.136 e. The number of hydrogen-bond acceptors (Lipinski definition) is 1. The van der Waals surface area contributed by atoms with Crippen LogP contribution in [0.5, 0.6) is 0 Å². The Balaban J connectivity index is 2.22. The molecule has 0 spiro atoms. The maximum atomic E-state index is 14.2. The summed E-state index contributed by atoms with van der Waals surface area (Å²) in [7, 11) is 3.95. The zero-order chi connectivity index (χ0) is 15.9. The monoisotopic (exact) mass is 306 g/mol. The van der Waals surface area contributed by atoms with Crippen molar-refractivity contribution in [2.24, 2.45) is 0 Å². The second-order valence-electron chi connectivity index (χ2n) is 5.75. The Labute approximate surface area is 126 Å². The third-order valence-corrected chi connectivity index (χ3v) is 3.83. The Bertz CT molecular complexity index is 837. The predicted molar refractivity (Wildman–Crippen MR) is 82.5 cm³/mol. The summed E-state index contributed by atoms with van der Waals surface area (Å²) >= 11 is 0. The molecule has 0 saturated carbocycles. The summed E-state index contributed by atoms with van der Waals surface area (Å²) < 4.78 is 43.2. The van der Waals surface area contributed by atoms with Crippen molar-refractivity contribution >= 4 is 21.8 Å². The van der Waals surface area contributed by atoms with Gasteiger partial charge in [0.05, 0.1) is 5.52 Å². The summed E-state index contributed by atoms with van der Waals surface area (Å²) in [5, 5.41) is 0.762. The van der Waals surface area contributed by atoms with Gasteiger partial charge in [-0.15, -0.1) is 0 Å². The van der Waals surface area contributed by atoms with Crippen molar-refractivity contribution in [3.8, 4) is 0 Å². The van der Waals surface area contributed by atoms with Gasteiger partial charge in [-0.1, -0.05) is 0 Å². The highest BCUT2D eigenvalue weighted by molar-refractivity contribution is 6.08. The maximum Gasteiger partial charge on any atom is 0.136 e. The van der Waals surface area contributed by atoms with E-state index in [1.165, 1.54) is 18.2 Å². The van der Waals surface area contributed by atoms with Crippen LogP contribution in [-0.4, -0.2) is 30.1 Å². The summed E-state index contributed by atoms with van der Waals surface area (Å²) in [6.45, 7) is 1.48. The SMILES string of the molecule is CN(C)CCCn1c2ccc(F)cc2c2c(F)cc(F)cc21. The molecule has 22 heavy (non-hydrogen) atoms. The van der Waals surface area contributed by atoms with E-state index >= 15 is 0 Å². The van der Waals surface area contributed by atoms with Crippen molar-refractivity contribution in [2.45, 2.75) is 13.0 Å². The molecule has 116 valence electrons. The second-order valence-corrected chi connectivity index (χ2v) is 5.75. The molecule has 0 aliphatic carbocycles. The Morgan fingerprint density at radius 1 is 0.955 bits per heavy atom. The lowest BCUT2D eigenvalue weighted by Crippen LogP contribution is -2.15. The first kappa shape index (κ1) is 14.9. The average Bonchev–Trinajstić information content (AvgIpc) is 2.72. The Morgan fingerprint density at radius 2 is 1.73 bits per heavy atom. The van der Waals surface area contributed by atoms with Crippen molar-refractivity contribution in [3.05, 3.63) is 47.8 Å². The van der Waals surface area contributed by atoms with Crippen LogP contribution in [-0.2, 0) is 6.54 Å². The van der Waals surface area contributed by atoms with Crippen LogP contribution in [0.1, 0.15) is 6.42 Å². The fraction of sp³-hybridized carbons (Fsp3) is 0.294. The first-order valence-corrected chi connectivity index (χ1v) is 7.18. The molecule has 0 fully saturated rings. The summed E-state index contributed by atoms with van der Waals surface area (Å²) in [6.07, 6.45) is 0.835. The van der Waals surface area contributed by atoms with Gasteiger partial charge >= 0.3 is 0 Å². The van der Waals surface area contributed by atoms with Gasteiger partial charge in [-0.25, -0.2) is 13.2 Å². The van der Waals surface area contributed by atoms with E-state index in [0.717, 1.165) is 24.5 Å². The molecule has 0 saturated heterocycles. The molecule has 0 bridgehead atoms. The molecule has 0 atom stereocenters. The lowest BCUT2D eigenvalue weighted by molar-refractivity contribution is 0.389. The number of nitrogens with zero attached hydrogens (tertiary/aromatic N) is 2. The van der Waals surface area contributed by atoms with Gasteiger partial charge in [0, 0.05) is 28.9 Å². The van der Waals surface area contributed by atoms with E-state index in [0.29, 0.717) is 17.4 Å². The van der Waals surface area contributed by atoms with Gasteiger partial charge in [0.25, 0.3) is 0 Å². The summed E-state index contributed by atoms with van der Waals surface area (Å²) in [4.78, 5) is 2.05. The molecule has 3 aromatic rings. The number of aryl methyl sites for hydroxylation is 1. The standard InChI is InChI=1S/C17H17F3N2/c1-21(2)6-3-7-22-15-5-4-11(18)8-13(15)17-14(20)9-12(19)10-16(17)22/h4-5,8-10H,3,6-7H2,1-2H3. The molecular formula is C17H17F3N2. The van der Waals surface area contributed by atoms with Crippen molar-refractivity contribution in [1.29, 1.82) is 0 Å². The maximum absolute atomic E-state index is 14.2. The van der Waals surface area contributed by atoms with Crippen LogP contribution in [0, 0.1) is 17.5 Å². The van der Waals surface area contributed by atoms with Gasteiger partial charge in [-0.2, -0.15) is 0 Å². The van der Waals surface area contributed by atoms with E-state index in [4.69, 9.17) is 0 Å². The van der Waals surface area contributed by atoms with Crippen LogP contribution in [0.4, 0.5) is 13.2 Å². The van der Waals surface area contributed by atoms with Crippen LogP contribution in [0.25, 0.3) is 21.8 Å². The number of rotatable bonds is 4. The second kappa shape index (κ2) is 5.65. The molecule has 1 heterocycles. The summed E-state index contributed by atoms with van der Waals surface area (Å²) in [5.74, 6) is -1.71. The third-order valence-electron chi connectivity index (χ3n) is 3.83. The number of fused-ring (bicyclic) bond motifs is 3. The van der Waals surface area contributed by atoms with Crippen LogP contribution in [0.3, 0.4) is 0 Å². The Morgan fingerprint density at radius 3 is 2.45 bits per heavy atom. The van der Waals surface area contributed by atoms with E-state index in [2.05, 4.69) is 4.90 Å². The van der Waals surface area contributed by atoms with Crippen LogP contribution in [0.2, 0.25) is 0 Å². The number of halogens is 3. The van der Waals surface area contributed by atoms with E-state index in [1.807, 2.05) is 18.7 Å². The van der Waals surface area contributed by atoms with Gasteiger partial charge in [0.15, 0.2) is 0 Å². The fourth-order valence-electron chi connectivity index (χ4n) is 2.90. The highest BCUT2D eigenvalue weighted by atomic mass is 19.1. The third kappa shape index (κ3) is 2.57. The quantitative estimate of drug-likeness (QED) is 0.702. The predicted octanol–water partition coefficient (Wildman–Crippen LogP) is 4.16. The Hall–Kier alpha value is -2.01. The van der Waals surface area contributed by atoms with Crippen LogP contribution in [0.15, 0.2) is 30.3 Å². The molecule has 0 unspecified atom stereocenters. The molecule has 0 aliphatic heterocycles. The van der Waals surface area contributed by atoms with Gasteiger partial charge in [-0.05, 0) is 51.3 Å². The van der Waals surface area contributed by atoms with E-state index in [9.17, 15) is 13.2 Å². The topological polar surface area (TPSA) is 8.17 Å². The van der Waals surface area contributed by atoms with Gasteiger partial charge in [0.2, 0.25) is 0 Å². The van der Waals surface area contributed by atoms with Crippen molar-refractivity contribution < 1.29 is 13.2 Å². The first-order chi connectivity index (χ1) is 10.5. The lowest BCUT2D eigenvalue weighted by Gasteiger charge is -2.11. The normalized spacial score (nSPS) is 11.9. The van der Waals surface area contributed by atoms with E-state index in [1.54, 1.807) is 6.07 Å². The zero-order valence-electron chi connectivity index (χ0n) is 12.5. The highest BCUT2D eigenvalue weighted by Gasteiger charge is 2.16. The van der Waals surface area contributed by atoms with Crippen LogP contribution < -0.4 is 0 Å². The van der Waals surface area contributed by atoms with E-state index in [-0.39, 0.29) is 5.39 Å². The highest BCUT2D eigenvalue weighted by Crippen LogP contribution is 2.32. The van der Waals surface area contributed by atoms with Gasteiger partial charge < -0.3 is 9.47 Å². The zero-order valence-corrected chi connectivity index (χ0v) is 12.5. The minimum Gasteiger partial charge on any atom is -0.340 e. The Kier molecular flexibility index (Phi) is 3.83. The molecule has 0 amide bonds. The summed E-state index contributed by atoms with van der Waals surface area (Å²) in [6, 6.07) is 6.43. The van der Waals surface area contributed by atoms with Crippen molar-refractivity contribution in [1.82, 2.24) is 9.47 Å². The average molecular weight is 306 g/mol. The number of benzene rings is 2. The molecule has 0 aliphatic rings. The molecule has 2 aromatic carbocycles. The molecule has 2 nitrogen and oxygen atoms in total. The fourth-order valence-corrected chi connectivity index (χ4v) is 2.90. The molecule has 5 heteroatoms. The van der Waals surface area contributed by atoms with Crippen LogP contribution >= 0.6 is 0 Å². The number of hydrogen-bond donors (Lipinski definition) is 0. The van der Waals surface area contributed by atoms with Gasteiger partial charge in [0.1, 0.15) is 17.5 Å². The molecule has 0 N–H and O–H groups in total. The summed E-state index contributed by atoms with van der Waals surface area (Å²) in [5.41, 5.74) is 1.19. The minimum atomic E-state index is -0.656. The number of aromatic nitrogens is 1. The largest absolute Gasteiger partial charge is 0.340 e. The minimum absolute atomic E-state index is 0.278. The lowest BCUT2D eigenvalue weighted by atomic mass is 10.1. The van der Waals surface area contributed by atoms with E-state index < -0.39 is 17.5 Å². The van der Waals surface area contributed by atoms with Gasteiger partial charge in [-0.3, -0.25) is 0 Å². The van der Waals surface area contributed by atoms with Crippen molar-refractivity contribution in [3.63, 3.8) is 0 Å². The first-order valence-electron chi connectivity index (χ1n) is 7.18. The molecule has 0 radical (unpaired) electrons.